The Kier molecular flexibility index (Phi) is 11.1. The number of ketones is 2. The number of amides is 3. The Morgan fingerprint density at radius 3 is 2.51 bits per heavy atom. The zero-order valence-corrected chi connectivity index (χ0v) is 32.5. The van der Waals surface area contributed by atoms with Crippen LogP contribution in [0.15, 0.2) is 59.7 Å². The lowest BCUT2D eigenvalue weighted by Gasteiger charge is -2.29. The summed E-state index contributed by atoms with van der Waals surface area (Å²) in [6, 6.07) is 11.0. The predicted octanol–water partition coefficient (Wildman–Crippen LogP) is 6.54. The molecule has 55 heavy (non-hydrogen) atoms. The zero-order valence-electron chi connectivity index (χ0n) is 30.9. The van der Waals surface area contributed by atoms with Gasteiger partial charge >= 0.3 is 0 Å². The molecular weight excluding hydrogens is 740 g/mol. The van der Waals surface area contributed by atoms with Crippen LogP contribution in [0.25, 0.3) is 5.00 Å². The maximum absolute atomic E-state index is 13.4. The third-order valence-electron chi connectivity index (χ3n) is 10.4. The Morgan fingerprint density at radius 1 is 0.964 bits per heavy atom. The number of halogens is 1. The van der Waals surface area contributed by atoms with Crippen molar-refractivity contribution >= 4 is 57.9 Å². The number of hydrogen-bond donors (Lipinski definition) is 1. The minimum absolute atomic E-state index is 0.0368. The maximum Gasteiger partial charge on any atom is 0.262 e. The fourth-order valence-corrected chi connectivity index (χ4v) is 8.72. The summed E-state index contributed by atoms with van der Waals surface area (Å²) in [6.07, 6.45) is 2.63. The van der Waals surface area contributed by atoms with E-state index in [1.165, 1.54) is 4.88 Å². The monoisotopic (exact) mass is 780 g/mol. The average molecular weight is 781 g/mol. The lowest BCUT2D eigenvalue weighted by atomic mass is 9.98. The molecule has 1 unspecified atom stereocenters. The first-order valence-corrected chi connectivity index (χ1v) is 19.6. The number of unbranched alkanes of at least 4 members (excludes halogenated alkanes) is 1. The molecule has 0 saturated carbocycles. The number of aromatic nitrogens is 3. The summed E-state index contributed by atoms with van der Waals surface area (Å²) in [4.78, 5) is 72.8. The lowest BCUT2D eigenvalue weighted by Crippen LogP contribution is -2.51. The summed E-state index contributed by atoms with van der Waals surface area (Å²) in [5.41, 5.74) is 5.24. The Morgan fingerprint density at radius 2 is 1.75 bits per heavy atom. The van der Waals surface area contributed by atoms with Crippen LogP contribution in [0.1, 0.15) is 110 Å². The predicted molar refractivity (Wildman–Crippen MR) is 208 cm³/mol. The minimum Gasteiger partial charge on any atom is -0.381 e. The molecule has 0 spiro atoms. The number of carbonyl (C=O) groups is 5. The molecule has 1 N–H and O–H groups in total. The van der Waals surface area contributed by atoms with Crippen LogP contribution in [-0.2, 0) is 25.5 Å². The highest BCUT2D eigenvalue weighted by molar-refractivity contribution is 7.15. The van der Waals surface area contributed by atoms with E-state index in [2.05, 4.69) is 35.9 Å². The fourth-order valence-electron chi connectivity index (χ4n) is 7.38. The van der Waals surface area contributed by atoms with E-state index >= 15 is 0 Å². The van der Waals surface area contributed by atoms with E-state index < -0.39 is 29.8 Å². The van der Waals surface area contributed by atoms with E-state index in [4.69, 9.17) is 21.3 Å². The number of aliphatic imine (C=N–C) groups is 1. The molecule has 2 aromatic heterocycles. The van der Waals surface area contributed by atoms with Gasteiger partial charge in [-0.1, -0.05) is 42.4 Å². The molecule has 7 rings (SSSR count). The van der Waals surface area contributed by atoms with Crippen LogP contribution >= 0.6 is 22.9 Å². The third kappa shape index (κ3) is 7.60. The van der Waals surface area contributed by atoms with Gasteiger partial charge in [0.25, 0.3) is 11.8 Å². The topological polar surface area (TPSA) is 153 Å². The molecule has 284 valence electrons. The standard InChI is InChI=1S/C41H41ClN6O6S/c1-22-11-16-33(38(51)43-22)48-39(52)31-10-7-8-27(35(31)40(48)53)20-30(50)17-19-54-18-6-5-9-29(49)21-32-37-46-45-25(4)47(37)41-34(23(2)24(3)55-41)36(44-32)26-12-14-28(42)15-13-26/h7-8,10,12-15,32-33H,1,5-6,9,11,16-21H2,2-4H3,(H,43,51)/t32-,33?/m0/s1. The summed E-state index contributed by atoms with van der Waals surface area (Å²) < 4.78 is 7.78. The first-order chi connectivity index (χ1) is 26.4. The number of hydrogen-bond acceptors (Lipinski definition) is 10. The molecule has 12 nitrogen and oxygen atoms in total. The van der Waals surface area contributed by atoms with Gasteiger partial charge in [-0.05, 0) is 75.8 Å². The van der Waals surface area contributed by atoms with Crippen LogP contribution < -0.4 is 5.32 Å². The molecule has 2 aromatic carbocycles. The Labute approximate surface area is 327 Å². The molecule has 2 atom stereocenters. The SMILES string of the molecule is C=C1CCC(N2C(=O)c3cccc(CC(=O)CCOCCCCC(=O)C[C@@H]4N=C(c5ccc(Cl)cc5)c5c(sc(C)c5C)-n5c(C)nnc54)c3C2=O)C(=O)N1. The van der Waals surface area contributed by atoms with Gasteiger partial charge in [0.15, 0.2) is 5.82 Å². The number of nitrogens with zero attached hydrogens (tertiary/aromatic N) is 5. The van der Waals surface area contributed by atoms with Crippen molar-refractivity contribution in [3.8, 4) is 5.00 Å². The quantitative estimate of drug-likeness (QED) is 0.112. The highest BCUT2D eigenvalue weighted by Gasteiger charge is 2.45. The van der Waals surface area contributed by atoms with Crippen molar-refractivity contribution in [3.63, 3.8) is 0 Å². The summed E-state index contributed by atoms with van der Waals surface area (Å²) in [5.74, 6) is -0.242. The van der Waals surface area contributed by atoms with Crippen molar-refractivity contribution in [2.24, 2.45) is 4.99 Å². The van der Waals surface area contributed by atoms with E-state index in [0.29, 0.717) is 60.8 Å². The van der Waals surface area contributed by atoms with E-state index in [-0.39, 0.29) is 48.6 Å². The molecule has 3 aliphatic heterocycles. The first kappa shape index (κ1) is 38.2. The molecule has 4 aromatic rings. The van der Waals surface area contributed by atoms with Crippen molar-refractivity contribution in [2.75, 3.05) is 13.2 Å². The molecule has 5 heterocycles. The van der Waals surface area contributed by atoms with Gasteiger partial charge in [-0.15, -0.1) is 21.5 Å². The van der Waals surface area contributed by atoms with Gasteiger partial charge in [-0.2, -0.15) is 0 Å². The smallest absolute Gasteiger partial charge is 0.262 e. The van der Waals surface area contributed by atoms with E-state index in [0.717, 1.165) is 38.1 Å². The highest BCUT2D eigenvalue weighted by Crippen LogP contribution is 2.40. The highest BCUT2D eigenvalue weighted by atomic mass is 35.5. The number of Topliss-reactive ketones (excluding diaryl/α,β-unsaturated/α-hetero) is 2. The molecule has 0 bridgehead atoms. The summed E-state index contributed by atoms with van der Waals surface area (Å²) in [5, 5.41) is 13.1. The van der Waals surface area contributed by atoms with Gasteiger partial charge in [0, 0.05) is 59.0 Å². The van der Waals surface area contributed by atoms with Gasteiger partial charge in [0.1, 0.15) is 34.5 Å². The molecule has 1 saturated heterocycles. The molecule has 3 amide bonds. The van der Waals surface area contributed by atoms with Crippen LogP contribution in [0.5, 0.6) is 0 Å². The number of fused-ring (bicyclic) bond motifs is 4. The molecule has 0 radical (unpaired) electrons. The number of ether oxygens (including phenoxy) is 1. The number of benzene rings is 2. The number of thiophene rings is 1. The third-order valence-corrected chi connectivity index (χ3v) is 11.8. The second-order valence-electron chi connectivity index (χ2n) is 14.1. The van der Waals surface area contributed by atoms with Gasteiger partial charge in [0.2, 0.25) is 5.91 Å². The second-order valence-corrected chi connectivity index (χ2v) is 15.8. The number of rotatable bonds is 14. The van der Waals surface area contributed by atoms with Crippen molar-refractivity contribution in [3.05, 3.63) is 110 Å². The van der Waals surface area contributed by atoms with Gasteiger partial charge in [-0.25, -0.2) is 0 Å². The number of aryl methyl sites for hydroxylation is 2. The maximum atomic E-state index is 13.4. The van der Waals surface area contributed by atoms with Crippen molar-refractivity contribution in [1.29, 1.82) is 0 Å². The lowest BCUT2D eigenvalue weighted by molar-refractivity contribution is -0.125. The molecular formula is C41H41ClN6O6S. The fraction of sp³-hybridized carbons (Fsp3) is 0.366. The molecule has 0 aliphatic carbocycles. The van der Waals surface area contributed by atoms with Crippen LogP contribution in [0.3, 0.4) is 0 Å². The number of imide groups is 1. The molecule has 1 fully saturated rings. The van der Waals surface area contributed by atoms with Crippen LogP contribution in [0.2, 0.25) is 5.02 Å². The van der Waals surface area contributed by atoms with E-state index in [9.17, 15) is 24.0 Å². The minimum atomic E-state index is -0.919. The van der Waals surface area contributed by atoms with Crippen LogP contribution in [0.4, 0.5) is 0 Å². The number of allylic oxidation sites excluding steroid dienone is 1. The van der Waals surface area contributed by atoms with Gasteiger partial charge < -0.3 is 10.1 Å². The van der Waals surface area contributed by atoms with Crippen molar-refractivity contribution < 1.29 is 28.7 Å². The Balaban J connectivity index is 0.905. The van der Waals surface area contributed by atoms with E-state index in [1.54, 1.807) is 29.5 Å². The number of piperidine rings is 1. The molecule has 14 heteroatoms. The van der Waals surface area contributed by atoms with E-state index in [1.807, 2.05) is 35.8 Å². The zero-order chi connectivity index (χ0) is 39.0. The summed E-state index contributed by atoms with van der Waals surface area (Å²) >= 11 is 7.88. The second kappa shape index (κ2) is 15.9. The first-order valence-electron chi connectivity index (χ1n) is 18.4. The number of nitrogens with one attached hydrogen (secondary N) is 1. The Bertz CT molecular complexity index is 2270. The summed E-state index contributed by atoms with van der Waals surface area (Å²) in [7, 11) is 0. The van der Waals surface area contributed by atoms with Gasteiger partial charge in [0.05, 0.1) is 23.4 Å². The van der Waals surface area contributed by atoms with Crippen molar-refractivity contribution in [1.82, 2.24) is 25.0 Å². The van der Waals surface area contributed by atoms with Crippen LogP contribution in [0, 0.1) is 20.8 Å². The van der Waals surface area contributed by atoms with Crippen molar-refractivity contribution in [2.45, 2.75) is 84.2 Å². The van der Waals surface area contributed by atoms with Gasteiger partial charge in [-0.3, -0.25) is 38.4 Å². The molecule has 3 aliphatic rings. The van der Waals surface area contributed by atoms with Crippen LogP contribution in [-0.4, -0.2) is 73.9 Å². The average Bonchev–Trinajstić information content (AvgIpc) is 3.73. The summed E-state index contributed by atoms with van der Waals surface area (Å²) in [6.45, 7) is 10.4. The number of carbonyl (C=O) groups excluding carboxylic acids is 5. The largest absolute Gasteiger partial charge is 0.381 e. The normalized spacial score (nSPS) is 17.7. The Hall–Kier alpha value is -5.11.